The monoisotopic (exact) mass is 369 g/mol. The average molecular weight is 370 g/mol. The van der Waals surface area contributed by atoms with Gasteiger partial charge < -0.3 is 9.15 Å². The third-order valence-electron chi connectivity index (χ3n) is 4.17. The number of rotatable bonds is 5. The van der Waals surface area contributed by atoms with Crippen molar-refractivity contribution in [3.8, 4) is 22.6 Å². The molecule has 0 aliphatic heterocycles. The van der Waals surface area contributed by atoms with Crippen molar-refractivity contribution in [2.24, 2.45) is 0 Å². The van der Waals surface area contributed by atoms with Gasteiger partial charge in [0.15, 0.2) is 17.8 Å². The zero-order chi connectivity index (χ0) is 18.1. The van der Waals surface area contributed by atoms with Crippen molar-refractivity contribution in [3.05, 3.63) is 53.4 Å². The number of esters is 1. The van der Waals surface area contributed by atoms with Gasteiger partial charge in [0, 0.05) is 28.3 Å². The Morgan fingerprint density at radius 2 is 2.08 bits per heavy atom. The van der Waals surface area contributed by atoms with Crippen LogP contribution in [0.3, 0.4) is 0 Å². The summed E-state index contributed by atoms with van der Waals surface area (Å²) in [5.41, 5.74) is 2.04. The standard InChI is InChI=1S/C19H16ClN3O3/c1-2-25-19(24)16-17(26-10-22-16)15-13(12-5-3-4-6-14(12)20)9-21-18(23-15)11-7-8-11/h3-6,9-11H,2,7-8H2,1H3. The summed E-state index contributed by atoms with van der Waals surface area (Å²) in [6.07, 6.45) is 5.07. The van der Waals surface area contributed by atoms with E-state index in [0.29, 0.717) is 22.2 Å². The van der Waals surface area contributed by atoms with Crippen molar-refractivity contribution in [3.63, 3.8) is 0 Å². The summed E-state index contributed by atoms with van der Waals surface area (Å²) in [7, 11) is 0. The van der Waals surface area contributed by atoms with Crippen LogP contribution in [-0.4, -0.2) is 27.5 Å². The number of carbonyl (C=O) groups excluding carboxylic acids is 1. The third-order valence-corrected chi connectivity index (χ3v) is 4.49. The predicted molar refractivity (Wildman–Crippen MR) is 95.9 cm³/mol. The van der Waals surface area contributed by atoms with Crippen LogP contribution in [0.4, 0.5) is 0 Å². The lowest BCUT2D eigenvalue weighted by atomic mass is 10.0. The first-order chi connectivity index (χ1) is 12.7. The zero-order valence-corrected chi connectivity index (χ0v) is 14.9. The van der Waals surface area contributed by atoms with Crippen molar-refractivity contribution >= 4 is 17.6 Å². The molecule has 26 heavy (non-hydrogen) atoms. The molecular formula is C19H16ClN3O3. The quantitative estimate of drug-likeness (QED) is 0.616. The van der Waals surface area contributed by atoms with Gasteiger partial charge in [0.05, 0.1) is 6.61 Å². The van der Waals surface area contributed by atoms with E-state index in [1.165, 1.54) is 6.39 Å². The Morgan fingerprint density at radius 1 is 1.27 bits per heavy atom. The van der Waals surface area contributed by atoms with Crippen LogP contribution >= 0.6 is 11.6 Å². The van der Waals surface area contributed by atoms with E-state index in [9.17, 15) is 4.79 Å². The third kappa shape index (κ3) is 3.08. The molecule has 132 valence electrons. The minimum atomic E-state index is -0.548. The highest BCUT2D eigenvalue weighted by Gasteiger charge is 2.30. The second-order valence-electron chi connectivity index (χ2n) is 6.00. The van der Waals surface area contributed by atoms with E-state index in [1.54, 1.807) is 19.2 Å². The molecule has 4 rings (SSSR count). The number of carbonyl (C=O) groups is 1. The van der Waals surface area contributed by atoms with Gasteiger partial charge in [0.1, 0.15) is 11.5 Å². The minimum absolute atomic E-state index is 0.0978. The van der Waals surface area contributed by atoms with Crippen LogP contribution in [0.1, 0.15) is 42.0 Å². The molecule has 6 nitrogen and oxygen atoms in total. The Hall–Kier alpha value is -2.73. The van der Waals surface area contributed by atoms with Gasteiger partial charge in [0.2, 0.25) is 0 Å². The molecule has 3 aromatic rings. The molecule has 1 aliphatic carbocycles. The Kier molecular flexibility index (Phi) is 4.42. The van der Waals surface area contributed by atoms with Gasteiger partial charge in [-0.1, -0.05) is 29.8 Å². The maximum atomic E-state index is 12.2. The highest BCUT2D eigenvalue weighted by Crippen LogP contribution is 2.41. The first-order valence-corrected chi connectivity index (χ1v) is 8.79. The Balaban J connectivity index is 1.89. The van der Waals surface area contributed by atoms with E-state index < -0.39 is 5.97 Å². The number of aromatic nitrogens is 3. The Morgan fingerprint density at radius 3 is 2.81 bits per heavy atom. The maximum absolute atomic E-state index is 12.2. The number of ether oxygens (including phenoxy) is 1. The first kappa shape index (κ1) is 16.7. The molecular weight excluding hydrogens is 354 g/mol. The second kappa shape index (κ2) is 6.88. The van der Waals surface area contributed by atoms with Crippen molar-refractivity contribution in [1.29, 1.82) is 0 Å². The molecule has 2 heterocycles. The van der Waals surface area contributed by atoms with Gasteiger partial charge in [-0.15, -0.1) is 0 Å². The fourth-order valence-electron chi connectivity index (χ4n) is 2.74. The molecule has 1 saturated carbocycles. The van der Waals surface area contributed by atoms with Gasteiger partial charge >= 0.3 is 5.97 Å². The van der Waals surface area contributed by atoms with Crippen LogP contribution in [0.2, 0.25) is 5.02 Å². The molecule has 0 bridgehead atoms. The topological polar surface area (TPSA) is 78.1 Å². The summed E-state index contributed by atoms with van der Waals surface area (Å²) in [6.45, 7) is 1.99. The van der Waals surface area contributed by atoms with Crippen LogP contribution in [0.15, 0.2) is 41.3 Å². The van der Waals surface area contributed by atoms with Gasteiger partial charge in [-0.25, -0.2) is 19.7 Å². The van der Waals surface area contributed by atoms with E-state index in [-0.39, 0.29) is 18.1 Å². The normalized spacial score (nSPS) is 13.6. The summed E-state index contributed by atoms with van der Waals surface area (Å²) < 4.78 is 10.6. The van der Waals surface area contributed by atoms with Crippen LogP contribution in [0.5, 0.6) is 0 Å². The van der Waals surface area contributed by atoms with Crippen molar-refractivity contribution in [2.75, 3.05) is 6.61 Å². The molecule has 0 saturated heterocycles. The number of oxazole rings is 1. The largest absolute Gasteiger partial charge is 0.461 e. The second-order valence-corrected chi connectivity index (χ2v) is 6.40. The molecule has 2 aromatic heterocycles. The highest BCUT2D eigenvalue weighted by atomic mass is 35.5. The summed E-state index contributed by atoms with van der Waals surface area (Å²) in [6, 6.07) is 7.40. The molecule has 0 unspecified atom stereocenters. The summed E-state index contributed by atoms with van der Waals surface area (Å²) >= 11 is 6.37. The molecule has 0 amide bonds. The predicted octanol–water partition coefficient (Wildman–Crippen LogP) is 4.51. The first-order valence-electron chi connectivity index (χ1n) is 8.41. The number of nitrogens with zero attached hydrogens (tertiary/aromatic N) is 3. The highest BCUT2D eigenvalue weighted by molar-refractivity contribution is 6.33. The fourth-order valence-corrected chi connectivity index (χ4v) is 2.98. The van der Waals surface area contributed by atoms with Crippen molar-refractivity contribution in [1.82, 2.24) is 15.0 Å². The maximum Gasteiger partial charge on any atom is 0.361 e. The lowest BCUT2D eigenvalue weighted by molar-refractivity contribution is 0.0520. The Labute approximate surface area is 155 Å². The molecule has 7 heteroatoms. The molecule has 1 aromatic carbocycles. The van der Waals surface area contributed by atoms with Crippen molar-refractivity contribution < 1.29 is 13.9 Å². The van der Waals surface area contributed by atoms with E-state index in [4.69, 9.17) is 20.8 Å². The average Bonchev–Trinajstić information content (AvgIpc) is 3.38. The van der Waals surface area contributed by atoms with Crippen molar-refractivity contribution in [2.45, 2.75) is 25.7 Å². The van der Waals surface area contributed by atoms with E-state index in [1.807, 2.05) is 18.2 Å². The van der Waals surface area contributed by atoms with Crippen LogP contribution < -0.4 is 0 Å². The molecule has 0 radical (unpaired) electrons. The number of hydrogen-bond acceptors (Lipinski definition) is 6. The number of benzene rings is 1. The van der Waals surface area contributed by atoms with Gasteiger partial charge in [-0.3, -0.25) is 0 Å². The summed E-state index contributed by atoms with van der Waals surface area (Å²) in [5, 5.41) is 0.564. The summed E-state index contributed by atoms with van der Waals surface area (Å²) in [4.78, 5) is 25.4. The van der Waals surface area contributed by atoms with Gasteiger partial charge in [0.25, 0.3) is 0 Å². The molecule has 1 aliphatic rings. The zero-order valence-electron chi connectivity index (χ0n) is 14.1. The fraction of sp³-hybridized carbons (Fsp3) is 0.263. The van der Waals surface area contributed by atoms with Gasteiger partial charge in [-0.2, -0.15) is 0 Å². The molecule has 1 fully saturated rings. The van der Waals surface area contributed by atoms with Crippen LogP contribution in [-0.2, 0) is 4.74 Å². The number of halogens is 1. The summed E-state index contributed by atoms with van der Waals surface area (Å²) in [5.74, 6) is 0.806. The van der Waals surface area contributed by atoms with Crippen LogP contribution in [0, 0.1) is 0 Å². The lowest BCUT2D eigenvalue weighted by Crippen LogP contribution is -2.08. The lowest BCUT2D eigenvalue weighted by Gasteiger charge is -2.11. The van der Waals surface area contributed by atoms with Gasteiger partial charge in [-0.05, 0) is 25.8 Å². The van der Waals surface area contributed by atoms with E-state index in [2.05, 4.69) is 15.0 Å². The molecule has 0 atom stereocenters. The SMILES string of the molecule is CCOC(=O)c1ncoc1-c1nc(C2CC2)ncc1-c1ccccc1Cl. The van der Waals surface area contributed by atoms with Crippen LogP contribution in [0.25, 0.3) is 22.6 Å². The molecule has 0 N–H and O–H groups in total. The smallest absolute Gasteiger partial charge is 0.361 e. The minimum Gasteiger partial charge on any atom is -0.461 e. The number of hydrogen-bond donors (Lipinski definition) is 0. The Bertz CT molecular complexity index is 966. The van der Waals surface area contributed by atoms with E-state index in [0.717, 1.165) is 24.2 Å². The molecule has 0 spiro atoms. The van der Waals surface area contributed by atoms with E-state index >= 15 is 0 Å².